The van der Waals surface area contributed by atoms with Crippen LogP contribution in [0.15, 0.2) is 0 Å². The summed E-state index contributed by atoms with van der Waals surface area (Å²) in [6.07, 6.45) is 2.01. The third-order valence-corrected chi connectivity index (χ3v) is 2.25. The van der Waals surface area contributed by atoms with Gasteiger partial charge in [-0.3, -0.25) is 0 Å². The summed E-state index contributed by atoms with van der Waals surface area (Å²) in [5.74, 6) is 0.813. The molecular formula is C7H16N2S. The van der Waals surface area contributed by atoms with Crippen molar-refractivity contribution in [1.82, 2.24) is 5.32 Å². The smallest absolute Gasteiger partial charge is 0.0510 e. The minimum absolute atomic E-state index is 0.136. The molecule has 0 fully saturated rings. The maximum Gasteiger partial charge on any atom is 0.0510 e. The topological polar surface area (TPSA) is 35.9 Å². The van der Waals surface area contributed by atoms with Crippen LogP contribution in [0.3, 0.4) is 0 Å². The first kappa shape index (κ1) is 9.98. The third-order valence-electron chi connectivity index (χ3n) is 1.67. The fraction of sp³-hybridized carbons (Fsp3) is 0.857. The molecule has 10 heavy (non-hydrogen) atoms. The molecule has 0 aliphatic heterocycles. The second-order valence-electron chi connectivity index (χ2n) is 2.79. The molecule has 0 unspecified atom stereocenters. The molecule has 0 amide bonds. The number of thioether (sulfide) groups is 1. The van der Waals surface area contributed by atoms with Crippen LogP contribution in [0.4, 0.5) is 0 Å². The number of hydrogen-bond donors (Lipinski definition) is 2. The molecule has 0 saturated heterocycles. The zero-order chi connectivity index (χ0) is 8.20. The molecule has 0 aromatic rings. The van der Waals surface area contributed by atoms with Crippen LogP contribution in [0.2, 0.25) is 0 Å². The Hall–Kier alpha value is -0.0200. The van der Waals surface area contributed by atoms with Gasteiger partial charge in [0.25, 0.3) is 0 Å². The lowest BCUT2D eigenvalue weighted by molar-refractivity contribution is 0.559. The van der Waals surface area contributed by atoms with Gasteiger partial charge in [-0.1, -0.05) is 0 Å². The van der Waals surface area contributed by atoms with Crippen LogP contribution in [0.5, 0.6) is 0 Å². The van der Waals surface area contributed by atoms with Crippen molar-refractivity contribution in [3.05, 3.63) is 0 Å². The highest BCUT2D eigenvalue weighted by molar-refractivity contribution is 7.99. The van der Waals surface area contributed by atoms with Crippen LogP contribution in [0.1, 0.15) is 13.8 Å². The van der Waals surface area contributed by atoms with Gasteiger partial charge in [-0.05, 0) is 27.2 Å². The van der Waals surface area contributed by atoms with E-state index in [1.807, 2.05) is 27.2 Å². The normalized spacial score (nSPS) is 11.6. The van der Waals surface area contributed by atoms with Crippen molar-refractivity contribution in [2.45, 2.75) is 19.4 Å². The van der Waals surface area contributed by atoms with Crippen LogP contribution in [0.25, 0.3) is 0 Å². The van der Waals surface area contributed by atoms with Crippen molar-refractivity contribution >= 4 is 17.5 Å². The van der Waals surface area contributed by atoms with Gasteiger partial charge in [-0.2, -0.15) is 11.8 Å². The summed E-state index contributed by atoms with van der Waals surface area (Å²) in [6.45, 7) is 4.04. The molecule has 0 aromatic heterocycles. The standard InChI is InChI=1S/C7H16N2S/c1-7(2,9-3)6(8)5-10-4/h8-9H,5H2,1-4H3. The summed E-state index contributed by atoms with van der Waals surface area (Å²) in [7, 11) is 1.88. The van der Waals surface area contributed by atoms with E-state index in [9.17, 15) is 0 Å². The Morgan fingerprint density at radius 3 is 2.40 bits per heavy atom. The molecule has 0 saturated carbocycles. The van der Waals surface area contributed by atoms with E-state index in [1.165, 1.54) is 0 Å². The van der Waals surface area contributed by atoms with Crippen molar-refractivity contribution < 1.29 is 0 Å². The van der Waals surface area contributed by atoms with Gasteiger partial charge in [-0.15, -0.1) is 0 Å². The number of nitrogens with one attached hydrogen (secondary N) is 2. The van der Waals surface area contributed by atoms with E-state index >= 15 is 0 Å². The van der Waals surface area contributed by atoms with Gasteiger partial charge >= 0.3 is 0 Å². The largest absolute Gasteiger partial charge is 0.310 e. The van der Waals surface area contributed by atoms with Crippen molar-refractivity contribution in [3.63, 3.8) is 0 Å². The fourth-order valence-corrected chi connectivity index (χ4v) is 1.13. The van der Waals surface area contributed by atoms with Gasteiger partial charge in [-0.25, -0.2) is 0 Å². The maximum absolute atomic E-state index is 7.61. The number of hydrogen-bond acceptors (Lipinski definition) is 3. The molecule has 2 N–H and O–H groups in total. The van der Waals surface area contributed by atoms with Crippen molar-refractivity contribution in [1.29, 1.82) is 5.41 Å². The lowest BCUT2D eigenvalue weighted by atomic mass is 10.0. The van der Waals surface area contributed by atoms with E-state index < -0.39 is 0 Å². The Morgan fingerprint density at radius 2 is 2.10 bits per heavy atom. The molecule has 0 aliphatic carbocycles. The minimum Gasteiger partial charge on any atom is -0.310 e. The van der Waals surface area contributed by atoms with Gasteiger partial charge in [0, 0.05) is 11.5 Å². The Balaban J connectivity index is 3.91. The Bertz CT molecular complexity index is 121. The second-order valence-corrected chi connectivity index (χ2v) is 3.65. The minimum atomic E-state index is -0.136. The Labute approximate surface area is 67.3 Å². The molecular weight excluding hydrogens is 144 g/mol. The summed E-state index contributed by atoms with van der Waals surface area (Å²) in [5, 5.41) is 10.7. The Kier molecular flexibility index (Phi) is 3.98. The summed E-state index contributed by atoms with van der Waals surface area (Å²) >= 11 is 1.69. The van der Waals surface area contributed by atoms with Crippen molar-refractivity contribution in [3.8, 4) is 0 Å². The molecule has 0 atom stereocenters. The predicted molar refractivity (Wildman–Crippen MR) is 49.2 cm³/mol. The van der Waals surface area contributed by atoms with E-state index in [-0.39, 0.29) is 5.54 Å². The molecule has 3 heteroatoms. The lowest BCUT2D eigenvalue weighted by Gasteiger charge is -2.24. The Morgan fingerprint density at radius 1 is 1.60 bits per heavy atom. The van der Waals surface area contributed by atoms with E-state index in [1.54, 1.807) is 11.8 Å². The molecule has 2 nitrogen and oxygen atoms in total. The molecule has 0 heterocycles. The zero-order valence-electron chi connectivity index (χ0n) is 7.12. The van der Waals surface area contributed by atoms with Gasteiger partial charge < -0.3 is 10.7 Å². The summed E-state index contributed by atoms with van der Waals surface area (Å²) < 4.78 is 0. The molecule has 60 valence electrons. The first-order chi connectivity index (χ1) is 4.54. The zero-order valence-corrected chi connectivity index (χ0v) is 7.93. The molecule has 0 radical (unpaired) electrons. The highest BCUT2D eigenvalue weighted by Gasteiger charge is 2.19. The number of rotatable bonds is 4. The monoisotopic (exact) mass is 160 g/mol. The van der Waals surface area contributed by atoms with Crippen LogP contribution in [-0.4, -0.2) is 30.3 Å². The molecule has 0 rings (SSSR count). The van der Waals surface area contributed by atoms with Gasteiger partial charge in [0.1, 0.15) is 0 Å². The molecule has 0 aromatic carbocycles. The quantitative estimate of drug-likeness (QED) is 0.609. The first-order valence-electron chi connectivity index (χ1n) is 3.30. The van der Waals surface area contributed by atoms with E-state index in [2.05, 4.69) is 5.32 Å². The molecule has 0 bridgehead atoms. The predicted octanol–water partition coefficient (Wildman–Crippen LogP) is 1.37. The summed E-state index contributed by atoms with van der Waals surface area (Å²) in [4.78, 5) is 0. The average Bonchev–Trinajstić information content (AvgIpc) is 1.89. The highest BCUT2D eigenvalue weighted by atomic mass is 32.2. The van der Waals surface area contributed by atoms with Gasteiger partial charge in [0.15, 0.2) is 0 Å². The van der Waals surface area contributed by atoms with Crippen molar-refractivity contribution in [2.24, 2.45) is 0 Å². The van der Waals surface area contributed by atoms with Crippen LogP contribution in [0, 0.1) is 5.41 Å². The summed E-state index contributed by atoms with van der Waals surface area (Å²) in [6, 6.07) is 0. The average molecular weight is 160 g/mol. The third kappa shape index (κ3) is 2.71. The van der Waals surface area contributed by atoms with Gasteiger partial charge in [0.2, 0.25) is 0 Å². The van der Waals surface area contributed by atoms with Gasteiger partial charge in [0.05, 0.1) is 5.54 Å². The van der Waals surface area contributed by atoms with E-state index in [0.717, 1.165) is 11.5 Å². The summed E-state index contributed by atoms with van der Waals surface area (Å²) in [5.41, 5.74) is 0.616. The maximum atomic E-state index is 7.61. The second kappa shape index (κ2) is 3.98. The van der Waals surface area contributed by atoms with E-state index in [0.29, 0.717) is 0 Å². The lowest BCUT2D eigenvalue weighted by Crippen LogP contribution is -2.45. The molecule has 0 spiro atoms. The first-order valence-corrected chi connectivity index (χ1v) is 4.69. The van der Waals surface area contributed by atoms with Crippen molar-refractivity contribution in [2.75, 3.05) is 19.1 Å². The fourth-order valence-electron chi connectivity index (χ4n) is 0.476. The highest BCUT2D eigenvalue weighted by Crippen LogP contribution is 2.06. The van der Waals surface area contributed by atoms with Crippen LogP contribution < -0.4 is 5.32 Å². The molecule has 0 aliphatic rings. The van der Waals surface area contributed by atoms with E-state index in [4.69, 9.17) is 5.41 Å². The van der Waals surface area contributed by atoms with Crippen LogP contribution in [-0.2, 0) is 0 Å². The SMILES string of the molecule is CNC(C)(C)C(=N)CSC. The van der Waals surface area contributed by atoms with Crippen LogP contribution >= 0.6 is 11.8 Å².